The molecule has 0 saturated heterocycles. The maximum absolute atomic E-state index is 4.51. The molecule has 0 aromatic carbocycles. The summed E-state index contributed by atoms with van der Waals surface area (Å²) < 4.78 is 0. The SMILES string of the molecule is CC=COOOOOOOOCCCCC. The molecule has 0 aromatic rings. The van der Waals surface area contributed by atoms with Crippen LogP contribution in [0.15, 0.2) is 12.3 Å². The first-order valence-electron chi connectivity index (χ1n) is 4.81. The summed E-state index contributed by atoms with van der Waals surface area (Å²) in [6.45, 7) is 4.17. The van der Waals surface area contributed by atoms with Crippen LogP contribution >= 0.6 is 0 Å². The topological polar surface area (TPSA) is 73.8 Å². The maximum Gasteiger partial charge on any atom is 0.128 e. The van der Waals surface area contributed by atoms with E-state index in [0.29, 0.717) is 6.61 Å². The van der Waals surface area contributed by atoms with E-state index in [9.17, 15) is 0 Å². The number of hydrogen-bond donors (Lipinski definition) is 0. The van der Waals surface area contributed by atoms with Gasteiger partial charge in [-0.1, -0.05) is 19.8 Å². The highest BCUT2D eigenvalue weighted by Gasteiger charge is 1.94. The molecule has 0 unspecified atom stereocenters. The van der Waals surface area contributed by atoms with E-state index in [4.69, 9.17) is 0 Å². The maximum atomic E-state index is 4.51. The smallest absolute Gasteiger partial charge is 0.128 e. The molecule has 0 amide bonds. The van der Waals surface area contributed by atoms with Crippen LogP contribution in [0.2, 0.25) is 0 Å². The first kappa shape index (κ1) is 15.3. The second-order valence-corrected chi connectivity index (χ2v) is 2.50. The predicted octanol–water partition coefficient (Wildman–Crippen LogP) is 2.25. The van der Waals surface area contributed by atoms with E-state index in [0.717, 1.165) is 19.3 Å². The third-order valence-corrected chi connectivity index (χ3v) is 1.25. The van der Waals surface area contributed by atoms with Gasteiger partial charge in [-0.3, -0.25) is 0 Å². The summed E-state index contributed by atoms with van der Waals surface area (Å²) in [5, 5.41) is 23.3. The van der Waals surface area contributed by atoms with Gasteiger partial charge in [0, 0.05) is 15.1 Å². The lowest BCUT2D eigenvalue weighted by molar-refractivity contribution is -0.811. The van der Waals surface area contributed by atoms with E-state index in [1.807, 2.05) is 0 Å². The van der Waals surface area contributed by atoms with Crippen LogP contribution in [0.25, 0.3) is 0 Å². The quantitative estimate of drug-likeness (QED) is 0.222. The van der Waals surface area contributed by atoms with Crippen molar-refractivity contribution in [1.82, 2.24) is 0 Å². The molecule has 0 aliphatic rings. The van der Waals surface area contributed by atoms with Crippen LogP contribution in [-0.4, -0.2) is 6.61 Å². The monoisotopic (exact) mass is 240 g/mol. The Labute approximate surface area is 93.0 Å². The Morgan fingerprint density at radius 1 is 0.875 bits per heavy atom. The van der Waals surface area contributed by atoms with E-state index in [1.54, 1.807) is 13.0 Å². The number of rotatable bonds is 12. The molecule has 16 heavy (non-hydrogen) atoms. The highest BCUT2D eigenvalue weighted by Crippen LogP contribution is 1.95. The lowest BCUT2D eigenvalue weighted by atomic mass is 10.3. The van der Waals surface area contributed by atoms with Gasteiger partial charge in [0.2, 0.25) is 0 Å². The minimum atomic E-state index is 0.388. The van der Waals surface area contributed by atoms with Gasteiger partial charge in [0.15, 0.2) is 0 Å². The molecule has 0 aromatic heterocycles. The Hall–Kier alpha value is -0.740. The third kappa shape index (κ3) is 13.3. The molecule has 96 valence electrons. The molecule has 0 aliphatic carbocycles. The molecule has 0 aliphatic heterocycles. The molecular weight excluding hydrogens is 224 g/mol. The van der Waals surface area contributed by atoms with Crippen LogP contribution < -0.4 is 0 Å². The first-order valence-corrected chi connectivity index (χ1v) is 4.81. The molecule has 0 fully saturated rings. The minimum Gasteiger partial charge on any atom is -0.314 e. The highest BCUT2D eigenvalue weighted by atomic mass is 17.9. The molecule has 8 heteroatoms. The van der Waals surface area contributed by atoms with Crippen molar-refractivity contribution in [2.45, 2.75) is 33.1 Å². The average Bonchev–Trinajstić information content (AvgIpc) is 2.31. The second-order valence-electron chi connectivity index (χ2n) is 2.50. The Kier molecular flexibility index (Phi) is 13.6. The van der Waals surface area contributed by atoms with Crippen LogP contribution in [0, 0.1) is 0 Å². The van der Waals surface area contributed by atoms with Crippen molar-refractivity contribution in [3.8, 4) is 0 Å². The average molecular weight is 240 g/mol. The molecule has 0 radical (unpaired) electrons. The van der Waals surface area contributed by atoms with E-state index in [2.05, 4.69) is 46.9 Å². The predicted molar refractivity (Wildman–Crippen MR) is 47.9 cm³/mol. The van der Waals surface area contributed by atoms with Gasteiger partial charge in [0.05, 0.1) is 6.61 Å². The molecule has 0 spiro atoms. The van der Waals surface area contributed by atoms with Gasteiger partial charge in [-0.05, 0) is 34.5 Å². The fourth-order valence-corrected chi connectivity index (χ4v) is 0.604. The summed E-state index contributed by atoms with van der Waals surface area (Å²) in [4.78, 5) is 8.73. The van der Waals surface area contributed by atoms with Crippen molar-refractivity contribution in [2.75, 3.05) is 6.61 Å². The summed E-state index contributed by atoms with van der Waals surface area (Å²) >= 11 is 0. The third-order valence-electron chi connectivity index (χ3n) is 1.25. The largest absolute Gasteiger partial charge is 0.314 e. The van der Waals surface area contributed by atoms with E-state index < -0.39 is 0 Å². The molecule has 8 nitrogen and oxygen atoms in total. The summed E-state index contributed by atoms with van der Waals surface area (Å²) in [6, 6.07) is 0. The van der Waals surface area contributed by atoms with Gasteiger partial charge in [-0.15, -0.1) is 0 Å². The molecule has 0 N–H and O–H groups in total. The fraction of sp³-hybridized carbons (Fsp3) is 0.750. The summed E-state index contributed by atoms with van der Waals surface area (Å²) in [5.74, 6) is 0. The van der Waals surface area contributed by atoms with Crippen LogP contribution in [0.1, 0.15) is 33.1 Å². The van der Waals surface area contributed by atoms with Crippen LogP contribution in [0.4, 0.5) is 0 Å². The van der Waals surface area contributed by atoms with Gasteiger partial charge in [-0.2, -0.15) is 0 Å². The van der Waals surface area contributed by atoms with E-state index in [-0.39, 0.29) is 0 Å². The molecule has 0 saturated carbocycles. The van der Waals surface area contributed by atoms with Crippen molar-refractivity contribution < 1.29 is 40.0 Å². The van der Waals surface area contributed by atoms with E-state index in [1.165, 1.54) is 6.26 Å². The Balaban J connectivity index is 2.88. The summed E-state index contributed by atoms with van der Waals surface area (Å²) in [7, 11) is 0. The Bertz CT molecular complexity index is 151. The van der Waals surface area contributed by atoms with Gasteiger partial charge < -0.3 is 4.89 Å². The fourth-order valence-electron chi connectivity index (χ4n) is 0.604. The van der Waals surface area contributed by atoms with Gasteiger partial charge in [0.25, 0.3) is 0 Å². The normalized spacial score (nSPS) is 11.1. The highest BCUT2D eigenvalue weighted by molar-refractivity contribution is 4.62. The summed E-state index contributed by atoms with van der Waals surface area (Å²) in [5.41, 5.74) is 0. The van der Waals surface area contributed by atoms with Crippen LogP contribution in [0.3, 0.4) is 0 Å². The zero-order chi connectivity index (χ0) is 11.9. The standard InChI is InChI=1S/C8H16O8/c1-3-5-6-8-10-12-14-16-15-13-11-9-7-4-2/h4,7H,3,5-6,8H2,1-2H3. The molecule has 0 atom stereocenters. The first-order chi connectivity index (χ1) is 7.91. The zero-order valence-corrected chi connectivity index (χ0v) is 9.25. The number of hydrogen-bond acceptors (Lipinski definition) is 8. The zero-order valence-electron chi connectivity index (χ0n) is 9.25. The van der Waals surface area contributed by atoms with Crippen molar-refractivity contribution in [2.24, 2.45) is 0 Å². The van der Waals surface area contributed by atoms with Crippen molar-refractivity contribution in [1.29, 1.82) is 0 Å². The molecule has 0 heterocycles. The van der Waals surface area contributed by atoms with Crippen molar-refractivity contribution in [3.05, 3.63) is 12.3 Å². The second kappa shape index (κ2) is 14.3. The van der Waals surface area contributed by atoms with Crippen molar-refractivity contribution in [3.63, 3.8) is 0 Å². The Morgan fingerprint density at radius 2 is 1.56 bits per heavy atom. The Morgan fingerprint density at radius 3 is 2.25 bits per heavy atom. The van der Waals surface area contributed by atoms with Gasteiger partial charge in [0.1, 0.15) is 6.26 Å². The van der Waals surface area contributed by atoms with Crippen molar-refractivity contribution >= 4 is 0 Å². The van der Waals surface area contributed by atoms with E-state index >= 15 is 0 Å². The summed E-state index contributed by atoms with van der Waals surface area (Å²) in [6.07, 6.45) is 5.75. The molecular formula is C8H16O8. The van der Waals surface area contributed by atoms with Crippen LogP contribution in [-0.2, 0) is 40.0 Å². The van der Waals surface area contributed by atoms with Gasteiger partial charge in [-0.25, -0.2) is 4.89 Å². The van der Waals surface area contributed by atoms with Gasteiger partial charge >= 0.3 is 0 Å². The molecule has 0 bridgehead atoms. The lowest BCUT2D eigenvalue weighted by Gasteiger charge is -1.99. The minimum absolute atomic E-state index is 0.388. The lowest BCUT2D eigenvalue weighted by Crippen LogP contribution is -2.02. The molecule has 0 rings (SSSR count). The van der Waals surface area contributed by atoms with Crippen LogP contribution in [0.5, 0.6) is 0 Å². The number of allylic oxidation sites excluding steroid dienone is 1. The number of unbranched alkanes of at least 4 members (excludes halogenated alkanes) is 2.